The van der Waals surface area contributed by atoms with E-state index in [1.54, 1.807) is 12.1 Å². The third kappa shape index (κ3) is 3.37. The molecule has 1 aliphatic rings. The molecule has 0 spiro atoms. The highest BCUT2D eigenvalue weighted by Gasteiger charge is 2.18. The van der Waals surface area contributed by atoms with Crippen LogP contribution in [0, 0.1) is 0 Å². The quantitative estimate of drug-likeness (QED) is 0.902. The molecule has 0 saturated carbocycles. The van der Waals surface area contributed by atoms with E-state index in [4.69, 9.17) is 5.11 Å². The minimum absolute atomic E-state index is 0.0376. The summed E-state index contributed by atoms with van der Waals surface area (Å²) in [5.74, 6) is -1.10. The fourth-order valence-electron chi connectivity index (χ4n) is 2.81. The van der Waals surface area contributed by atoms with Crippen molar-refractivity contribution in [2.75, 3.05) is 4.72 Å². The smallest absolute Gasteiger partial charge is 0.335 e. The van der Waals surface area contributed by atoms with Crippen molar-refractivity contribution in [1.82, 2.24) is 0 Å². The lowest BCUT2D eigenvalue weighted by atomic mass is 9.92. The highest BCUT2D eigenvalue weighted by molar-refractivity contribution is 7.92. The maximum absolute atomic E-state index is 12.5. The second-order valence-corrected chi connectivity index (χ2v) is 7.31. The number of anilines is 1. The molecule has 0 radical (unpaired) electrons. The summed E-state index contributed by atoms with van der Waals surface area (Å²) in [6.45, 7) is 0. The van der Waals surface area contributed by atoms with Gasteiger partial charge in [0.2, 0.25) is 0 Å². The fourth-order valence-corrected chi connectivity index (χ4v) is 3.91. The highest BCUT2D eigenvalue weighted by atomic mass is 32.2. The van der Waals surface area contributed by atoms with Crippen molar-refractivity contribution in [2.45, 2.75) is 30.6 Å². The fraction of sp³-hybridized carbons (Fsp3) is 0.235. The first kappa shape index (κ1) is 15.6. The van der Waals surface area contributed by atoms with Crippen LogP contribution in [0.15, 0.2) is 47.4 Å². The van der Waals surface area contributed by atoms with Crippen LogP contribution in [0.3, 0.4) is 0 Å². The molecular formula is C17H17NO4S. The van der Waals surface area contributed by atoms with Crippen molar-refractivity contribution in [3.63, 3.8) is 0 Å². The normalized spacial score (nSPS) is 14.1. The van der Waals surface area contributed by atoms with Crippen LogP contribution in [0.25, 0.3) is 0 Å². The number of aromatic carboxylic acids is 1. The van der Waals surface area contributed by atoms with Crippen LogP contribution in [-0.4, -0.2) is 19.5 Å². The van der Waals surface area contributed by atoms with Gasteiger partial charge in [0.05, 0.1) is 10.5 Å². The number of sulfonamides is 1. The summed E-state index contributed by atoms with van der Waals surface area (Å²) in [6, 6.07) is 11.0. The molecule has 2 aromatic rings. The first-order valence-electron chi connectivity index (χ1n) is 7.44. The van der Waals surface area contributed by atoms with E-state index < -0.39 is 16.0 Å². The average Bonchev–Trinajstić information content (AvgIpc) is 2.54. The zero-order chi connectivity index (χ0) is 16.4. The van der Waals surface area contributed by atoms with Crippen LogP contribution < -0.4 is 4.72 Å². The van der Waals surface area contributed by atoms with Gasteiger partial charge in [0, 0.05) is 5.69 Å². The maximum atomic E-state index is 12.5. The zero-order valence-electron chi connectivity index (χ0n) is 12.5. The van der Waals surface area contributed by atoms with E-state index in [0.717, 1.165) is 31.2 Å². The maximum Gasteiger partial charge on any atom is 0.335 e. The van der Waals surface area contributed by atoms with E-state index in [1.807, 2.05) is 6.07 Å². The molecule has 0 amide bonds. The van der Waals surface area contributed by atoms with Crippen molar-refractivity contribution in [2.24, 2.45) is 0 Å². The molecule has 23 heavy (non-hydrogen) atoms. The molecule has 2 aromatic carbocycles. The summed E-state index contributed by atoms with van der Waals surface area (Å²) in [5.41, 5.74) is 2.57. The molecule has 6 heteroatoms. The molecule has 1 aliphatic carbocycles. The van der Waals surface area contributed by atoms with Crippen molar-refractivity contribution >= 4 is 21.7 Å². The van der Waals surface area contributed by atoms with E-state index in [1.165, 1.54) is 29.8 Å². The van der Waals surface area contributed by atoms with Crippen LogP contribution in [0.1, 0.15) is 34.3 Å². The number of hydrogen-bond acceptors (Lipinski definition) is 3. The third-order valence-electron chi connectivity index (χ3n) is 3.99. The molecule has 0 unspecified atom stereocenters. The van der Waals surface area contributed by atoms with Crippen molar-refractivity contribution in [1.29, 1.82) is 0 Å². The van der Waals surface area contributed by atoms with Gasteiger partial charge in [0.1, 0.15) is 0 Å². The number of fused-ring (bicyclic) bond motifs is 1. The molecule has 0 saturated heterocycles. The minimum atomic E-state index is -3.73. The summed E-state index contributed by atoms with van der Waals surface area (Å²) in [5, 5.41) is 8.98. The second kappa shape index (κ2) is 6.04. The van der Waals surface area contributed by atoms with Crippen molar-refractivity contribution in [3.8, 4) is 0 Å². The molecular weight excluding hydrogens is 314 g/mol. The lowest BCUT2D eigenvalue weighted by Gasteiger charge is -2.17. The summed E-state index contributed by atoms with van der Waals surface area (Å²) in [6.07, 6.45) is 4.10. The number of nitrogens with one attached hydrogen (secondary N) is 1. The van der Waals surface area contributed by atoms with E-state index in [9.17, 15) is 13.2 Å². The molecule has 0 aromatic heterocycles. The Morgan fingerprint density at radius 3 is 2.48 bits per heavy atom. The van der Waals surface area contributed by atoms with Crippen molar-refractivity contribution < 1.29 is 18.3 Å². The van der Waals surface area contributed by atoms with Gasteiger partial charge in [-0.1, -0.05) is 12.1 Å². The lowest BCUT2D eigenvalue weighted by molar-refractivity contribution is 0.0697. The molecule has 0 heterocycles. The number of rotatable bonds is 4. The Hall–Kier alpha value is -2.34. The Labute approximate surface area is 135 Å². The first-order chi connectivity index (χ1) is 11.0. The highest BCUT2D eigenvalue weighted by Crippen LogP contribution is 2.25. The molecule has 0 aliphatic heterocycles. The first-order valence-corrected chi connectivity index (χ1v) is 8.92. The Morgan fingerprint density at radius 2 is 1.74 bits per heavy atom. The van der Waals surface area contributed by atoms with E-state index in [0.29, 0.717) is 0 Å². The molecule has 0 bridgehead atoms. The summed E-state index contributed by atoms with van der Waals surface area (Å²) >= 11 is 0. The average molecular weight is 331 g/mol. The Bertz CT molecular complexity index is 859. The molecule has 0 atom stereocenters. The van der Waals surface area contributed by atoms with Gasteiger partial charge in [0.15, 0.2) is 0 Å². The van der Waals surface area contributed by atoms with E-state index >= 15 is 0 Å². The van der Waals surface area contributed by atoms with Gasteiger partial charge in [-0.25, -0.2) is 13.2 Å². The van der Waals surface area contributed by atoms with E-state index in [-0.39, 0.29) is 16.1 Å². The van der Waals surface area contributed by atoms with Gasteiger partial charge >= 0.3 is 5.97 Å². The SMILES string of the molecule is O=C(O)c1cccc(NS(=O)(=O)c2ccc3c(c2)CCCC3)c1. The monoisotopic (exact) mass is 331 g/mol. The third-order valence-corrected chi connectivity index (χ3v) is 5.37. The van der Waals surface area contributed by atoms with Crippen molar-refractivity contribution in [3.05, 3.63) is 59.2 Å². The van der Waals surface area contributed by atoms with Gasteiger partial charge in [-0.3, -0.25) is 4.72 Å². The van der Waals surface area contributed by atoms with Gasteiger partial charge in [0.25, 0.3) is 10.0 Å². The van der Waals surface area contributed by atoms with Gasteiger partial charge in [-0.05, 0) is 67.1 Å². The van der Waals surface area contributed by atoms with Gasteiger partial charge in [-0.2, -0.15) is 0 Å². The van der Waals surface area contributed by atoms with Gasteiger partial charge in [-0.15, -0.1) is 0 Å². The second-order valence-electron chi connectivity index (χ2n) is 5.63. The van der Waals surface area contributed by atoms with Crippen LogP contribution in [0.2, 0.25) is 0 Å². The minimum Gasteiger partial charge on any atom is -0.478 e. The standard InChI is InChI=1S/C17H17NO4S/c19-17(20)14-6-3-7-15(10-14)18-23(21,22)16-9-8-12-4-1-2-5-13(12)11-16/h3,6-11,18H,1-2,4-5H2,(H,19,20). The summed E-state index contributed by atoms with van der Waals surface area (Å²) < 4.78 is 27.5. The predicted molar refractivity (Wildman–Crippen MR) is 87.3 cm³/mol. The Balaban J connectivity index is 1.90. The number of aryl methyl sites for hydroxylation is 2. The van der Waals surface area contributed by atoms with Crippen LogP contribution in [0.5, 0.6) is 0 Å². The van der Waals surface area contributed by atoms with E-state index in [2.05, 4.69) is 4.72 Å². The number of benzene rings is 2. The van der Waals surface area contributed by atoms with Gasteiger partial charge < -0.3 is 5.11 Å². The van der Waals surface area contributed by atoms with Crippen LogP contribution in [-0.2, 0) is 22.9 Å². The molecule has 2 N–H and O–H groups in total. The zero-order valence-corrected chi connectivity index (χ0v) is 13.3. The molecule has 3 rings (SSSR count). The molecule has 0 fully saturated rings. The lowest BCUT2D eigenvalue weighted by Crippen LogP contribution is -2.14. The summed E-state index contributed by atoms with van der Waals surface area (Å²) in [7, 11) is -3.73. The number of carboxylic acids is 1. The number of carboxylic acid groups (broad SMARTS) is 1. The number of hydrogen-bond donors (Lipinski definition) is 2. The molecule has 120 valence electrons. The largest absolute Gasteiger partial charge is 0.478 e. The van der Waals surface area contributed by atoms with Crippen LogP contribution >= 0.6 is 0 Å². The number of carbonyl (C=O) groups is 1. The predicted octanol–water partition coefficient (Wildman–Crippen LogP) is 3.06. The van der Waals surface area contributed by atoms with Crippen LogP contribution in [0.4, 0.5) is 5.69 Å². The summed E-state index contributed by atoms with van der Waals surface area (Å²) in [4.78, 5) is 11.2. The topological polar surface area (TPSA) is 83.5 Å². The Kier molecular flexibility index (Phi) is 4.09. The molecule has 5 nitrogen and oxygen atoms in total. The Morgan fingerprint density at radius 1 is 1.00 bits per heavy atom.